The highest BCUT2D eigenvalue weighted by molar-refractivity contribution is 7.15. The molecule has 0 saturated carbocycles. The predicted molar refractivity (Wildman–Crippen MR) is 142 cm³/mol. The Hall–Kier alpha value is -3.83. The lowest BCUT2D eigenvalue weighted by Gasteiger charge is -2.08. The summed E-state index contributed by atoms with van der Waals surface area (Å²) < 4.78 is 11.0. The van der Waals surface area contributed by atoms with Gasteiger partial charge in [0.1, 0.15) is 33.7 Å². The van der Waals surface area contributed by atoms with Gasteiger partial charge in [0.05, 0.1) is 16.7 Å². The normalized spacial score (nSPS) is 11.1. The van der Waals surface area contributed by atoms with Crippen LogP contribution in [0, 0.1) is 11.3 Å². The van der Waals surface area contributed by atoms with Gasteiger partial charge in [0.15, 0.2) is 0 Å². The molecule has 2 aromatic carbocycles. The predicted octanol–water partition coefficient (Wildman–Crippen LogP) is 7.70. The summed E-state index contributed by atoms with van der Waals surface area (Å²) in [5, 5.41) is 15.1. The highest BCUT2D eigenvalue weighted by atomic mass is 35.5. The molecule has 4 rings (SSSR count). The number of carbonyl (C=O) groups is 2. The Kier molecular flexibility index (Phi) is 7.91. The zero-order chi connectivity index (χ0) is 25.7. The summed E-state index contributed by atoms with van der Waals surface area (Å²) in [6.07, 6.45) is 1.31. The first-order valence-corrected chi connectivity index (χ1v) is 12.4. The molecule has 6 nitrogen and oxygen atoms in total. The van der Waals surface area contributed by atoms with Crippen LogP contribution in [-0.2, 0) is 9.53 Å². The Morgan fingerprint density at radius 3 is 2.58 bits per heavy atom. The minimum atomic E-state index is -0.691. The van der Waals surface area contributed by atoms with E-state index in [2.05, 4.69) is 5.32 Å². The fourth-order valence-electron chi connectivity index (χ4n) is 3.42. The summed E-state index contributed by atoms with van der Waals surface area (Å²) in [6, 6.07) is 19.6. The monoisotopic (exact) mass is 536 g/mol. The molecular weight excluding hydrogens is 519 g/mol. The smallest absolute Gasteiger partial charge is 0.341 e. The fourth-order valence-corrected chi connectivity index (χ4v) is 4.76. The number of nitrogens with one attached hydrogen (secondary N) is 1. The maximum Gasteiger partial charge on any atom is 0.341 e. The van der Waals surface area contributed by atoms with Crippen LogP contribution in [0.2, 0.25) is 10.0 Å². The molecule has 0 saturated heterocycles. The third kappa shape index (κ3) is 5.37. The van der Waals surface area contributed by atoms with Gasteiger partial charge < -0.3 is 14.5 Å². The minimum Gasteiger partial charge on any atom is -0.462 e. The van der Waals surface area contributed by atoms with E-state index in [1.807, 2.05) is 36.4 Å². The van der Waals surface area contributed by atoms with Crippen LogP contribution in [0.5, 0.6) is 0 Å². The van der Waals surface area contributed by atoms with E-state index in [1.165, 1.54) is 17.4 Å². The second-order valence-electron chi connectivity index (χ2n) is 7.37. The van der Waals surface area contributed by atoms with Crippen molar-refractivity contribution in [2.75, 3.05) is 11.9 Å². The molecule has 180 valence electrons. The lowest BCUT2D eigenvalue weighted by atomic mass is 10.0. The second kappa shape index (κ2) is 11.3. The van der Waals surface area contributed by atoms with Crippen LogP contribution in [-0.4, -0.2) is 18.5 Å². The van der Waals surface area contributed by atoms with E-state index >= 15 is 0 Å². The van der Waals surface area contributed by atoms with Crippen LogP contribution in [0.4, 0.5) is 5.00 Å². The molecule has 1 amide bonds. The molecule has 0 fully saturated rings. The van der Waals surface area contributed by atoms with Crippen LogP contribution in [0.1, 0.15) is 23.0 Å². The topological polar surface area (TPSA) is 92.3 Å². The van der Waals surface area contributed by atoms with E-state index in [9.17, 15) is 14.9 Å². The maximum absolute atomic E-state index is 13.0. The Morgan fingerprint density at radius 1 is 1.08 bits per heavy atom. The number of ether oxygens (including phenoxy) is 1. The van der Waals surface area contributed by atoms with Gasteiger partial charge in [-0.15, -0.1) is 11.3 Å². The molecule has 0 radical (unpaired) electrons. The SMILES string of the molecule is CCOC(=O)c1c(-c2ccccc2)csc1NC(=O)/C(C#N)=C/c1ccc(-c2cccc(Cl)c2Cl)o1. The summed E-state index contributed by atoms with van der Waals surface area (Å²) in [7, 11) is 0. The van der Waals surface area contributed by atoms with Gasteiger partial charge in [-0.2, -0.15) is 5.26 Å². The third-order valence-corrected chi connectivity index (χ3v) is 6.79. The third-order valence-electron chi connectivity index (χ3n) is 5.08. The number of hydrogen-bond acceptors (Lipinski definition) is 6. The summed E-state index contributed by atoms with van der Waals surface area (Å²) in [6.45, 7) is 1.88. The molecule has 2 aromatic heterocycles. The van der Waals surface area contributed by atoms with Gasteiger partial charge in [0, 0.05) is 22.6 Å². The van der Waals surface area contributed by atoms with Crippen LogP contribution < -0.4 is 5.32 Å². The van der Waals surface area contributed by atoms with Gasteiger partial charge in [-0.1, -0.05) is 59.6 Å². The van der Waals surface area contributed by atoms with Crippen molar-refractivity contribution in [3.63, 3.8) is 0 Å². The standard InChI is InChI=1S/C27H18Cl2N2O4S/c1-2-34-27(33)23-20(16-7-4-3-5-8-16)15-36-26(23)31-25(32)17(14-30)13-18-11-12-22(35-18)19-9-6-10-21(28)24(19)29/h3-13,15H,2H2,1H3,(H,31,32)/b17-13+. The van der Waals surface area contributed by atoms with E-state index in [-0.39, 0.29) is 28.5 Å². The van der Waals surface area contributed by atoms with Crippen molar-refractivity contribution in [3.05, 3.63) is 93.0 Å². The van der Waals surface area contributed by atoms with Gasteiger partial charge >= 0.3 is 5.97 Å². The Bertz CT molecular complexity index is 1500. The number of hydrogen-bond donors (Lipinski definition) is 1. The van der Waals surface area contributed by atoms with Crippen molar-refractivity contribution in [2.45, 2.75) is 6.92 Å². The Balaban J connectivity index is 1.62. The van der Waals surface area contributed by atoms with E-state index < -0.39 is 11.9 Å². The number of anilines is 1. The molecule has 36 heavy (non-hydrogen) atoms. The van der Waals surface area contributed by atoms with Crippen LogP contribution >= 0.6 is 34.5 Å². The first-order valence-electron chi connectivity index (χ1n) is 10.7. The fraction of sp³-hybridized carbons (Fsp3) is 0.0741. The van der Waals surface area contributed by atoms with Crippen molar-refractivity contribution in [3.8, 4) is 28.5 Å². The number of carbonyl (C=O) groups excluding carboxylic acids is 2. The number of benzene rings is 2. The van der Waals surface area contributed by atoms with Crippen molar-refractivity contribution in [1.29, 1.82) is 5.26 Å². The number of halogens is 2. The largest absolute Gasteiger partial charge is 0.462 e. The lowest BCUT2D eigenvalue weighted by Crippen LogP contribution is -2.16. The molecule has 0 bridgehead atoms. The highest BCUT2D eigenvalue weighted by Gasteiger charge is 2.24. The first-order chi connectivity index (χ1) is 17.4. The summed E-state index contributed by atoms with van der Waals surface area (Å²) >= 11 is 13.5. The molecular formula is C27H18Cl2N2O4S. The van der Waals surface area contributed by atoms with E-state index in [4.69, 9.17) is 32.4 Å². The van der Waals surface area contributed by atoms with Gasteiger partial charge in [0.2, 0.25) is 0 Å². The van der Waals surface area contributed by atoms with Gasteiger partial charge in [-0.05, 0) is 36.8 Å². The molecule has 0 unspecified atom stereocenters. The molecule has 0 aliphatic carbocycles. The average molecular weight is 537 g/mol. The van der Waals surface area contributed by atoms with E-state index in [0.717, 1.165) is 5.56 Å². The quantitative estimate of drug-likeness (QED) is 0.148. The molecule has 1 N–H and O–H groups in total. The van der Waals surface area contributed by atoms with Crippen LogP contribution in [0.25, 0.3) is 28.5 Å². The lowest BCUT2D eigenvalue weighted by molar-refractivity contribution is -0.112. The molecule has 2 heterocycles. The number of nitriles is 1. The average Bonchev–Trinajstić information content (AvgIpc) is 3.52. The molecule has 0 aliphatic rings. The number of amides is 1. The summed E-state index contributed by atoms with van der Waals surface area (Å²) in [4.78, 5) is 25.7. The van der Waals surface area contributed by atoms with Gasteiger partial charge in [-0.25, -0.2) is 4.79 Å². The number of nitrogens with zero attached hydrogens (tertiary/aromatic N) is 1. The Labute approximate surface area is 221 Å². The zero-order valence-electron chi connectivity index (χ0n) is 18.9. The molecule has 0 atom stereocenters. The maximum atomic E-state index is 13.0. The van der Waals surface area contributed by atoms with Crippen LogP contribution in [0.15, 0.2) is 76.0 Å². The zero-order valence-corrected chi connectivity index (χ0v) is 21.2. The Morgan fingerprint density at radius 2 is 1.86 bits per heavy atom. The number of furan rings is 1. The summed E-state index contributed by atoms with van der Waals surface area (Å²) in [5.74, 6) is -0.552. The van der Waals surface area contributed by atoms with Gasteiger partial charge in [-0.3, -0.25) is 4.79 Å². The minimum absolute atomic E-state index is 0.178. The van der Waals surface area contributed by atoms with E-state index in [1.54, 1.807) is 42.6 Å². The van der Waals surface area contributed by atoms with Crippen molar-refractivity contribution < 1.29 is 18.7 Å². The van der Waals surface area contributed by atoms with Crippen molar-refractivity contribution in [1.82, 2.24) is 0 Å². The number of rotatable bonds is 7. The van der Waals surface area contributed by atoms with Crippen LogP contribution in [0.3, 0.4) is 0 Å². The van der Waals surface area contributed by atoms with Crippen molar-refractivity contribution >= 4 is 57.5 Å². The van der Waals surface area contributed by atoms with Gasteiger partial charge in [0.25, 0.3) is 5.91 Å². The number of thiophene rings is 1. The second-order valence-corrected chi connectivity index (χ2v) is 9.03. The molecule has 9 heteroatoms. The molecule has 0 aliphatic heterocycles. The highest BCUT2D eigenvalue weighted by Crippen LogP contribution is 2.37. The molecule has 4 aromatic rings. The first kappa shape index (κ1) is 25.3. The van der Waals surface area contributed by atoms with E-state index in [0.29, 0.717) is 26.9 Å². The summed E-state index contributed by atoms with van der Waals surface area (Å²) in [5.41, 5.74) is 2.03. The molecule has 0 spiro atoms. The number of esters is 1. The van der Waals surface area contributed by atoms with Crippen molar-refractivity contribution in [2.24, 2.45) is 0 Å².